The second-order valence-electron chi connectivity index (χ2n) is 9.59. The lowest BCUT2D eigenvalue weighted by molar-refractivity contribution is 0.188. The van der Waals surface area contributed by atoms with Crippen LogP contribution in [0.15, 0.2) is 6.07 Å². The molecular formula is C23H38N8O2. The fourth-order valence-corrected chi connectivity index (χ4v) is 5.46. The van der Waals surface area contributed by atoms with E-state index in [1.807, 2.05) is 4.52 Å². The van der Waals surface area contributed by atoms with Gasteiger partial charge in [0, 0.05) is 77.4 Å². The second-order valence-corrected chi connectivity index (χ2v) is 9.59. The van der Waals surface area contributed by atoms with E-state index in [-0.39, 0.29) is 13.2 Å². The van der Waals surface area contributed by atoms with E-state index < -0.39 is 0 Å². The minimum absolute atomic E-state index is 0.208. The van der Waals surface area contributed by atoms with Crippen LogP contribution in [0.25, 0.3) is 5.78 Å². The number of anilines is 2. The Labute approximate surface area is 195 Å². The lowest BCUT2D eigenvalue weighted by Crippen LogP contribution is -2.48. The van der Waals surface area contributed by atoms with Crippen LogP contribution in [0.1, 0.15) is 43.8 Å². The second kappa shape index (κ2) is 10.5. The number of nitrogens with zero attached hydrogens (tertiary/aromatic N) is 8. The Balaban J connectivity index is 1.43. The van der Waals surface area contributed by atoms with E-state index in [1.54, 1.807) is 0 Å². The Kier molecular flexibility index (Phi) is 7.24. The van der Waals surface area contributed by atoms with Crippen LogP contribution in [0.5, 0.6) is 0 Å². The van der Waals surface area contributed by atoms with E-state index in [4.69, 9.17) is 15.1 Å². The third-order valence-corrected chi connectivity index (χ3v) is 7.49. The number of piperazine rings is 2. The molecule has 33 heavy (non-hydrogen) atoms. The molecule has 0 bridgehead atoms. The Morgan fingerprint density at radius 3 is 1.97 bits per heavy atom. The highest BCUT2D eigenvalue weighted by molar-refractivity contribution is 5.57. The molecule has 0 unspecified atom stereocenters. The molecule has 2 saturated heterocycles. The number of hydrogen-bond acceptors (Lipinski definition) is 9. The first kappa shape index (κ1) is 22.8. The molecule has 10 heteroatoms. The van der Waals surface area contributed by atoms with Crippen LogP contribution in [0.2, 0.25) is 0 Å². The first-order valence-electron chi connectivity index (χ1n) is 12.7. The maximum Gasteiger partial charge on any atom is 0.256 e. The zero-order chi connectivity index (χ0) is 22.6. The minimum atomic E-state index is 0.208. The zero-order valence-corrected chi connectivity index (χ0v) is 19.6. The summed E-state index contributed by atoms with van der Waals surface area (Å²) in [7, 11) is 0. The Morgan fingerprint density at radius 2 is 1.36 bits per heavy atom. The average Bonchev–Trinajstić information content (AvgIpc) is 3.30. The summed E-state index contributed by atoms with van der Waals surface area (Å²) in [5.41, 5.74) is 0. The van der Waals surface area contributed by atoms with Gasteiger partial charge in [-0.2, -0.15) is 14.5 Å². The molecule has 0 aromatic carbocycles. The molecule has 0 amide bonds. The predicted octanol–water partition coefficient (Wildman–Crippen LogP) is 0.401. The summed E-state index contributed by atoms with van der Waals surface area (Å²) >= 11 is 0. The molecule has 2 N–H and O–H groups in total. The van der Waals surface area contributed by atoms with Crippen molar-refractivity contribution in [1.29, 1.82) is 0 Å². The van der Waals surface area contributed by atoms with E-state index in [2.05, 4.69) is 25.7 Å². The van der Waals surface area contributed by atoms with Gasteiger partial charge in [-0.3, -0.25) is 9.80 Å². The minimum Gasteiger partial charge on any atom is -0.395 e. The van der Waals surface area contributed by atoms with Crippen LogP contribution in [0.4, 0.5) is 11.6 Å². The molecule has 0 radical (unpaired) electrons. The van der Waals surface area contributed by atoms with E-state index in [0.717, 1.165) is 82.9 Å². The molecule has 5 rings (SSSR count). The van der Waals surface area contributed by atoms with Crippen LogP contribution >= 0.6 is 0 Å². The number of aliphatic hydroxyl groups is 2. The number of fused-ring (bicyclic) bond motifs is 1. The molecule has 2 aliphatic heterocycles. The van der Waals surface area contributed by atoms with Gasteiger partial charge in [-0.15, -0.1) is 5.10 Å². The normalized spacial score (nSPS) is 21.9. The van der Waals surface area contributed by atoms with Crippen molar-refractivity contribution in [3.05, 3.63) is 11.9 Å². The molecule has 2 aromatic rings. The summed E-state index contributed by atoms with van der Waals surface area (Å²) in [6, 6.07) is 2.19. The summed E-state index contributed by atoms with van der Waals surface area (Å²) in [6.07, 6.45) is 6.18. The van der Waals surface area contributed by atoms with Gasteiger partial charge in [0.2, 0.25) is 0 Å². The highest BCUT2D eigenvalue weighted by Crippen LogP contribution is 2.32. The van der Waals surface area contributed by atoms with E-state index in [0.29, 0.717) is 11.7 Å². The molecular weight excluding hydrogens is 420 g/mol. The third kappa shape index (κ3) is 5.08. The van der Waals surface area contributed by atoms with E-state index >= 15 is 0 Å². The molecule has 1 aliphatic carbocycles. The number of aliphatic hydroxyl groups excluding tert-OH is 2. The highest BCUT2D eigenvalue weighted by Gasteiger charge is 2.26. The summed E-state index contributed by atoms with van der Waals surface area (Å²) in [6.45, 7) is 9.23. The fraction of sp³-hybridized carbons (Fsp3) is 0.783. The molecule has 1 saturated carbocycles. The van der Waals surface area contributed by atoms with Gasteiger partial charge in [-0.05, 0) is 12.8 Å². The topological polar surface area (TPSA) is 96.5 Å². The number of rotatable bonds is 7. The first-order valence-corrected chi connectivity index (χ1v) is 12.7. The van der Waals surface area contributed by atoms with Gasteiger partial charge >= 0.3 is 0 Å². The fourth-order valence-electron chi connectivity index (χ4n) is 5.46. The molecule has 2 aromatic heterocycles. The first-order chi connectivity index (χ1) is 16.2. The van der Waals surface area contributed by atoms with Gasteiger partial charge in [0.1, 0.15) is 11.6 Å². The number of β-amino-alcohol motifs (C(OH)–C–C–N with tert-alkyl or cyclic N) is 2. The largest absolute Gasteiger partial charge is 0.395 e. The van der Waals surface area contributed by atoms with Crippen LogP contribution in [0.3, 0.4) is 0 Å². The summed E-state index contributed by atoms with van der Waals surface area (Å²) in [5, 5.41) is 23.5. The van der Waals surface area contributed by atoms with Crippen molar-refractivity contribution < 1.29 is 10.2 Å². The van der Waals surface area contributed by atoms with Crippen molar-refractivity contribution in [2.45, 2.75) is 38.0 Å². The Hall–Kier alpha value is -2.01. The van der Waals surface area contributed by atoms with Crippen LogP contribution in [-0.2, 0) is 0 Å². The van der Waals surface area contributed by atoms with Crippen molar-refractivity contribution in [1.82, 2.24) is 29.4 Å². The quantitative estimate of drug-likeness (QED) is 0.611. The van der Waals surface area contributed by atoms with E-state index in [1.165, 1.54) is 32.1 Å². The molecule has 182 valence electrons. The monoisotopic (exact) mass is 458 g/mol. The molecule has 10 nitrogen and oxygen atoms in total. The predicted molar refractivity (Wildman–Crippen MR) is 128 cm³/mol. The Morgan fingerprint density at radius 1 is 0.758 bits per heavy atom. The zero-order valence-electron chi connectivity index (χ0n) is 19.6. The third-order valence-electron chi connectivity index (χ3n) is 7.49. The maximum atomic E-state index is 9.29. The SMILES string of the molecule is OCCN1CCN(c2cc(N3CCN(CCO)CC3)n3nc(C4CCCCC4)nc3n2)CC1. The lowest BCUT2D eigenvalue weighted by atomic mass is 9.89. The van der Waals surface area contributed by atoms with Crippen molar-refractivity contribution in [2.75, 3.05) is 88.5 Å². The van der Waals surface area contributed by atoms with Gasteiger partial charge < -0.3 is 20.0 Å². The molecule has 4 heterocycles. The lowest BCUT2D eigenvalue weighted by Gasteiger charge is -2.37. The summed E-state index contributed by atoms with van der Waals surface area (Å²) < 4.78 is 1.97. The van der Waals surface area contributed by atoms with Crippen LogP contribution in [0, 0.1) is 0 Å². The highest BCUT2D eigenvalue weighted by atomic mass is 16.3. The van der Waals surface area contributed by atoms with Gasteiger partial charge in [0.25, 0.3) is 5.78 Å². The molecule has 3 aliphatic rings. The number of hydrogen-bond donors (Lipinski definition) is 2. The van der Waals surface area contributed by atoms with Gasteiger partial charge in [-0.1, -0.05) is 19.3 Å². The van der Waals surface area contributed by atoms with Crippen LogP contribution < -0.4 is 9.80 Å². The van der Waals surface area contributed by atoms with Crippen molar-refractivity contribution in [3.8, 4) is 0 Å². The molecule has 0 spiro atoms. The van der Waals surface area contributed by atoms with Gasteiger partial charge in [0.05, 0.1) is 13.2 Å². The molecule has 3 fully saturated rings. The van der Waals surface area contributed by atoms with E-state index in [9.17, 15) is 10.2 Å². The van der Waals surface area contributed by atoms with Crippen molar-refractivity contribution >= 4 is 17.4 Å². The summed E-state index contributed by atoms with van der Waals surface area (Å²) in [4.78, 5) is 19.2. The number of aromatic nitrogens is 4. The summed E-state index contributed by atoms with van der Waals surface area (Å²) in [5.74, 6) is 4.15. The van der Waals surface area contributed by atoms with Crippen LogP contribution in [-0.4, -0.2) is 118 Å². The molecule has 0 atom stereocenters. The maximum absolute atomic E-state index is 9.29. The van der Waals surface area contributed by atoms with Gasteiger partial charge in [0.15, 0.2) is 5.82 Å². The van der Waals surface area contributed by atoms with Gasteiger partial charge in [-0.25, -0.2) is 0 Å². The smallest absolute Gasteiger partial charge is 0.256 e. The van der Waals surface area contributed by atoms with Crippen molar-refractivity contribution in [3.63, 3.8) is 0 Å². The average molecular weight is 459 g/mol. The Bertz CT molecular complexity index is 899. The van der Waals surface area contributed by atoms with Crippen molar-refractivity contribution in [2.24, 2.45) is 0 Å². The standard InChI is InChI=1S/C23H38N8O2/c32-16-14-27-6-10-29(11-7-27)20-18-21(30-12-8-28(9-13-30)15-17-33)31-23(24-20)25-22(26-31)19-4-2-1-3-5-19/h18-19,32-33H,1-17H2.